The van der Waals surface area contributed by atoms with Crippen molar-refractivity contribution in [3.8, 4) is 11.5 Å². The van der Waals surface area contributed by atoms with E-state index in [1.807, 2.05) is 0 Å². The second kappa shape index (κ2) is 5.69. The highest BCUT2D eigenvalue weighted by atomic mass is 16.7. The molecule has 2 aromatic rings. The lowest BCUT2D eigenvalue weighted by atomic mass is 9.98. The van der Waals surface area contributed by atoms with Crippen molar-refractivity contribution >= 4 is 0 Å². The summed E-state index contributed by atoms with van der Waals surface area (Å²) in [5.41, 5.74) is 3.83. The number of hydrogen-bond donors (Lipinski definition) is 1. The summed E-state index contributed by atoms with van der Waals surface area (Å²) in [7, 11) is 0. The predicted octanol–water partition coefficient (Wildman–Crippen LogP) is 2.99. The van der Waals surface area contributed by atoms with Crippen molar-refractivity contribution in [2.45, 2.75) is 32.6 Å². The van der Waals surface area contributed by atoms with E-state index < -0.39 is 0 Å². The van der Waals surface area contributed by atoms with E-state index >= 15 is 0 Å². The van der Waals surface area contributed by atoms with E-state index in [1.54, 1.807) is 0 Å². The molecule has 4 rings (SSSR count). The van der Waals surface area contributed by atoms with Crippen LogP contribution in [-0.4, -0.2) is 19.9 Å². The minimum Gasteiger partial charge on any atom is -0.465 e. The standard InChI is InChI=1S/C18H21NO3/c1-12-7-15-3-2-5-19-6-4-13-8-17-18(21-11-20-17)10-14(13)9-16(12)22-15/h7-8,10,19H,2-6,9,11H2,1H3. The molecule has 116 valence electrons. The van der Waals surface area contributed by atoms with Crippen LogP contribution in [0.3, 0.4) is 0 Å². The van der Waals surface area contributed by atoms with Crippen LogP contribution < -0.4 is 14.8 Å². The Morgan fingerprint density at radius 3 is 2.64 bits per heavy atom. The Balaban J connectivity index is 1.74. The van der Waals surface area contributed by atoms with Gasteiger partial charge in [0.2, 0.25) is 6.79 Å². The highest BCUT2D eigenvalue weighted by Gasteiger charge is 2.19. The summed E-state index contributed by atoms with van der Waals surface area (Å²) in [6.07, 6.45) is 3.93. The first-order valence-electron chi connectivity index (χ1n) is 8.00. The van der Waals surface area contributed by atoms with Gasteiger partial charge in [0.1, 0.15) is 11.5 Å². The summed E-state index contributed by atoms with van der Waals surface area (Å²) in [5, 5.41) is 3.51. The van der Waals surface area contributed by atoms with Crippen LogP contribution in [0.2, 0.25) is 0 Å². The minimum atomic E-state index is 0.320. The normalized spacial score (nSPS) is 17.5. The average Bonchev–Trinajstić information content (AvgIpc) is 3.08. The number of rotatable bonds is 0. The number of furan rings is 1. The maximum atomic E-state index is 6.06. The molecule has 2 aliphatic rings. The fourth-order valence-electron chi connectivity index (χ4n) is 3.22. The van der Waals surface area contributed by atoms with Crippen molar-refractivity contribution in [2.24, 2.45) is 0 Å². The van der Waals surface area contributed by atoms with Gasteiger partial charge in [-0.2, -0.15) is 0 Å². The molecule has 0 aliphatic carbocycles. The van der Waals surface area contributed by atoms with E-state index in [-0.39, 0.29) is 0 Å². The lowest BCUT2D eigenvalue weighted by Crippen LogP contribution is -2.19. The van der Waals surface area contributed by atoms with Crippen LogP contribution in [0, 0.1) is 6.92 Å². The summed E-state index contributed by atoms with van der Waals surface area (Å²) >= 11 is 0. The fraction of sp³-hybridized carbons (Fsp3) is 0.444. The van der Waals surface area contributed by atoms with Crippen molar-refractivity contribution in [3.05, 3.63) is 46.4 Å². The molecule has 4 nitrogen and oxygen atoms in total. The van der Waals surface area contributed by atoms with Gasteiger partial charge in [-0.15, -0.1) is 0 Å². The number of hydrogen-bond acceptors (Lipinski definition) is 4. The van der Waals surface area contributed by atoms with E-state index in [1.165, 1.54) is 16.7 Å². The predicted molar refractivity (Wildman–Crippen MR) is 83.7 cm³/mol. The largest absolute Gasteiger partial charge is 0.465 e. The second-order valence-electron chi connectivity index (χ2n) is 6.07. The van der Waals surface area contributed by atoms with E-state index in [2.05, 4.69) is 30.4 Å². The lowest BCUT2D eigenvalue weighted by molar-refractivity contribution is 0.174. The summed E-state index contributed by atoms with van der Waals surface area (Å²) in [5.74, 6) is 3.88. The topological polar surface area (TPSA) is 43.6 Å². The molecule has 2 bridgehead atoms. The van der Waals surface area contributed by atoms with Gasteiger partial charge in [0.25, 0.3) is 0 Å². The molecule has 0 fully saturated rings. The van der Waals surface area contributed by atoms with E-state index in [0.717, 1.165) is 61.8 Å². The molecule has 0 unspecified atom stereocenters. The Morgan fingerprint density at radius 1 is 0.955 bits per heavy atom. The van der Waals surface area contributed by atoms with Gasteiger partial charge < -0.3 is 19.2 Å². The van der Waals surface area contributed by atoms with Gasteiger partial charge in [0.05, 0.1) is 0 Å². The quantitative estimate of drug-likeness (QED) is 0.812. The monoisotopic (exact) mass is 299 g/mol. The molecular formula is C18H21NO3. The molecule has 0 spiro atoms. The van der Waals surface area contributed by atoms with Gasteiger partial charge in [-0.25, -0.2) is 0 Å². The molecule has 3 heterocycles. The van der Waals surface area contributed by atoms with Crippen LogP contribution in [0.15, 0.2) is 22.6 Å². The smallest absolute Gasteiger partial charge is 0.231 e. The van der Waals surface area contributed by atoms with Gasteiger partial charge in [-0.3, -0.25) is 0 Å². The molecule has 2 aliphatic heterocycles. The summed E-state index contributed by atoms with van der Waals surface area (Å²) < 4.78 is 17.1. The highest BCUT2D eigenvalue weighted by Crippen LogP contribution is 2.36. The zero-order chi connectivity index (χ0) is 14.9. The molecule has 0 saturated carbocycles. The Morgan fingerprint density at radius 2 is 1.77 bits per heavy atom. The summed E-state index contributed by atoms with van der Waals surface area (Å²) in [6.45, 7) is 4.47. The van der Waals surface area contributed by atoms with Gasteiger partial charge in [0.15, 0.2) is 11.5 Å². The first-order chi connectivity index (χ1) is 10.8. The molecular weight excluding hydrogens is 278 g/mol. The van der Waals surface area contributed by atoms with E-state index in [0.29, 0.717) is 6.79 Å². The van der Waals surface area contributed by atoms with Crippen molar-refractivity contribution in [2.75, 3.05) is 19.9 Å². The maximum absolute atomic E-state index is 6.06. The second-order valence-corrected chi connectivity index (χ2v) is 6.07. The first kappa shape index (κ1) is 13.7. The fourth-order valence-corrected chi connectivity index (χ4v) is 3.22. The average molecular weight is 299 g/mol. The molecule has 0 saturated heterocycles. The number of ether oxygens (including phenoxy) is 2. The Labute approximate surface area is 130 Å². The third kappa shape index (κ3) is 2.59. The van der Waals surface area contributed by atoms with Crippen LogP contribution in [0.25, 0.3) is 0 Å². The number of benzene rings is 1. The van der Waals surface area contributed by atoms with Crippen LogP contribution in [0.4, 0.5) is 0 Å². The lowest BCUT2D eigenvalue weighted by Gasteiger charge is -2.12. The van der Waals surface area contributed by atoms with E-state index in [9.17, 15) is 0 Å². The molecule has 0 amide bonds. The zero-order valence-electron chi connectivity index (χ0n) is 12.9. The Hall–Kier alpha value is -1.94. The molecule has 1 N–H and O–H groups in total. The minimum absolute atomic E-state index is 0.320. The summed E-state index contributed by atoms with van der Waals surface area (Å²) in [6, 6.07) is 6.43. The van der Waals surface area contributed by atoms with Crippen molar-refractivity contribution < 1.29 is 13.9 Å². The molecule has 0 atom stereocenters. The molecule has 4 heteroatoms. The Bertz CT molecular complexity index is 690. The third-order valence-electron chi connectivity index (χ3n) is 4.47. The highest BCUT2D eigenvalue weighted by molar-refractivity contribution is 5.50. The van der Waals surface area contributed by atoms with Crippen LogP contribution in [-0.2, 0) is 19.3 Å². The number of aryl methyl sites for hydroxylation is 2. The first-order valence-corrected chi connectivity index (χ1v) is 8.00. The SMILES string of the molecule is Cc1cc2oc1Cc1cc3c(cc1CCNCCC2)OCO3. The third-order valence-corrected chi connectivity index (χ3v) is 4.47. The van der Waals surface area contributed by atoms with E-state index in [4.69, 9.17) is 13.9 Å². The van der Waals surface area contributed by atoms with Crippen LogP contribution >= 0.6 is 0 Å². The van der Waals surface area contributed by atoms with Gasteiger partial charge in [-0.05, 0) is 67.7 Å². The van der Waals surface area contributed by atoms with Gasteiger partial charge >= 0.3 is 0 Å². The molecule has 0 radical (unpaired) electrons. The van der Waals surface area contributed by atoms with Crippen molar-refractivity contribution in [1.29, 1.82) is 0 Å². The zero-order valence-corrected chi connectivity index (χ0v) is 12.9. The van der Waals surface area contributed by atoms with Crippen LogP contribution in [0.1, 0.15) is 34.6 Å². The van der Waals surface area contributed by atoms with Gasteiger partial charge in [-0.1, -0.05) is 0 Å². The van der Waals surface area contributed by atoms with Gasteiger partial charge in [0, 0.05) is 12.8 Å². The van der Waals surface area contributed by atoms with Crippen molar-refractivity contribution in [1.82, 2.24) is 5.32 Å². The number of fused-ring (bicyclic) bond motifs is 4. The van der Waals surface area contributed by atoms with Crippen LogP contribution in [0.5, 0.6) is 11.5 Å². The summed E-state index contributed by atoms with van der Waals surface area (Å²) in [4.78, 5) is 0. The molecule has 22 heavy (non-hydrogen) atoms. The van der Waals surface area contributed by atoms with Crippen molar-refractivity contribution in [3.63, 3.8) is 0 Å². The maximum Gasteiger partial charge on any atom is 0.231 e. The Kier molecular flexibility index (Phi) is 3.54. The number of nitrogens with one attached hydrogen (secondary N) is 1. The molecule has 1 aromatic heterocycles. The molecule has 1 aromatic carbocycles.